The molecular formula is C16H20ClNO. The van der Waals surface area contributed by atoms with Crippen LogP contribution in [0.5, 0.6) is 0 Å². The van der Waals surface area contributed by atoms with E-state index >= 15 is 0 Å². The minimum Gasteiger partial charge on any atom is -0.324 e. The molecule has 0 aliphatic heterocycles. The van der Waals surface area contributed by atoms with Crippen LogP contribution in [0, 0.1) is 17.3 Å². The maximum Gasteiger partial charge on any atom is 0.228 e. The fourth-order valence-electron chi connectivity index (χ4n) is 2.62. The van der Waals surface area contributed by atoms with Gasteiger partial charge in [-0.25, -0.2) is 0 Å². The second-order valence-electron chi connectivity index (χ2n) is 6.04. The van der Waals surface area contributed by atoms with Gasteiger partial charge in [0.1, 0.15) is 0 Å². The lowest BCUT2D eigenvalue weighted by Gasteiger charge is -2.07. The molecule has 1 fully saturated rings. The fourth-order valence-corrected chi connectivity index (χ4v) is 2.80. The Kier molecular flexibility index (Phi) is 3.73. The van der Waals surface area contributed by atoms with Crippen molar-refractivity contribution in [2.24, 2.45) is 17.3 Å². The monoisotopic (exact) mass is 277 g/mol. The molecule has 0 radical (unpaired) electrons. The van der Waals surface area contributed by atoms with Gasteiger partial charge in [-0.15, -0.1) is 0 Å². The molecule has 0 saturated heterocycles. The third-order valence-electron chi connectivity index (χ3n) is 3.84. The van der Waals surface area contributed by atoms with Gasteiger partial charge in [-0.1, -0.05) is 49.2 Å². The van der Waals surface area contributed by atoms with E-state index in [-0.39, 0.29) is 17.2 Å². The van der Waals surface area contributed by atoms with E-state index in [4.69, 9.17) is 11.6 Å². The SMILES string of the molecule is CC(C)=C[C@H]1[C@H](C(=O)Nc2ccccc2Cl)C1(C)C. The largest absolute Gasteiger partial charge is 0.324 e. The Bertz CT molecular complexity index is 529. The lowest BCUT2D eigenvalue weighted by atomic mass is 10.1. The number of para-hydroxylation sites is 1. The summed E-state index contributed by atoms with van der Waals surface area (Å²) in [6, 6.07) is 7.33. The Labute approximate surface area is 119 Å². The van der Waals surface area contributed by atoms with Crippen LogP contribution in [0.3, 0.4) is 0 Å². The summed E-state index contributed by atoms with van der Waals surface area (Å²) in [6.07, 6.45) is 2.19. The minimum atomic E-state index is 0.0265. The smallest absolute Gasteiger partial charge is 0.228 e. The normalized spacial score (nSPS) is 23.6. The molecule has 2 atom stereocenters. The molecule has 0 aromatic heterocycles. The van der Waals surface area contributed by atoms with Gasteiger partial charge >= 0.3 is 0 Å². The Balaban J connectivity index is 2.10. The molecule has 0 spiro atoms. The van der Waals surface area contributed by atoms with Gasteiger partial charge in [-0.05, 0) is 37.3 Å². The van der Waals surface area contributed by atoms with Crippen LogP contribution in [0.2, 0.25) is 5.02 Å². The van der Waals surface area contributed by atoms with E-state index in [1.165, 1.54) is 5.57 Å². The summed E-state index contributed by atoms with van der Waals surface area (Å²) >= 11 is 6.06. The first-order valence-electron chi connectivity index (χ1n) is 6.54. The average molecular weight is 278 g/mol. The zero-order chi connectivity index (χ0) is 14.2. The number of hydrogen-bond acceptors (Lipinski definition) is 1. The number of hydrogen-bond donors (Lipinski definition) is 1. The van der Waals surface area contributed by atoms with Crippen molar-refractivity contribution >= 4 is 23.2 Å². The van der Waals surface area contributed by atoms with Crippen molar-refractivity contribution in [1.82, 2.24) is 0 Å². The van der Waals surface area contributed by atoms with Gasteiger partial charge in [0, 0.05) is 0 Å². The van der Waals surface area contributed by atoms with Gasteiger partial charge < -0.3 is 5.32 Å². The summed E-state index contributed by atoms with van der Waals surface area (Å²) in [5.41, 5.74) is 1.97. The second kappa shape index (κ2) is 5.01. The molecule has 2 rings (SSSR count). The molecule has 1 aliphatic carbocycles. The number of carbonyl (C=O) groups is 1. The van der Waals surface area contributed by atoms with E-state index in [0.29, 0.717) is 16.6 Å². The van der Waals surface area contributed by atoms with Crippen LogP contribution in [0.15, 0.2) is 35.9 Å². The number of amides is 1. The van der Waals surface area contributed by atoms with Gasteiger partial charge in [0.25, 0.3) is 0 Å². The number of allylic oxidation sites excluding steroid dienone is 2. The molecule has 1 aromatic carbocycles. The number of halogens is 1. The van der Waals surface area contributed by atoms with Gasteiger partial charge in [0.15, 0.2) is 0 Å². The first-order chi connectivity index (χ1) is 8.84. The number of rotatable bonds is 3. The molecule has 102 valence electrons. The Morgan fingerprint density at radius 1 is 1.32 bits per heavy atom. The Morgan fingerprint density at radius 3 is 2.53 bits per heavy atom. The molecule has 0 bridgehead atoms. The van der Waals surface area contributed by atoms with Crippen LogP contribution in [0.1, 0.15) is 27.7 Å². The molecule has 0 unspecified atom stereocenters. The Hall–Kier alpha value is -1.28. The predicted octanol–water partition coefficient (Wildman–Crippen LogP) is 4.52. The van der Waals surface area contributed by atoms with Crippen LogP contribution in [0.25, 0.3) is 0 Å². The third-order valence-corrected chi connectivity index (χ3v) is 4.17. The summed E-state index contributed by atoms with van der Waals surface area (Å²) in [7, 11) is 0. The van der Waals surface area contributed by atoms with Gasteiger partial charge in [0.05, 0.1) is 16.6 Å². The number of nitrogens with one attached hydrogen (secondary N) is 1. The molecule has 0 heterocycles. The molecule has 1 saturated carbocycles. The van der Waals surface area contributed by atoms with Crippen molar-refractivity contribution in [2.45, 2.75) is 27.7 Å². The maximum atomic E-state index is 12.3. The van der Waals surface area contributed by atoms with Gasteiger partial charge in [0.2, 0.25) is 5.91 Å². The van der Waals surface area contributed by atoms with Crippen molar-refractivity contribution in [3.05, 3.63) is 40.9 Å². The van der Waals surface area contributed by atoms with E-state index < -0.39 is 0 Å². The predicted molar refractivity (Wildman–Crippen MR) is 80.3 cm³/mol. The van der Waals surface area contributed by atoms with Gasteiger partial charge in [-0.3, -0.25) is 4.79 Å². The average Bonchev–Trinajstić information content (AvgIpc) is 2.82. The highest BCUT2D eigenvalue weighted by molar-refractivity contribution is 6.33. The van der Waals surface area contributed by atoms with E-state index in [2.05, 4.69) is 39.1 Å². The van der Waals surface area contributed by atoms with Crippen LogP contribution < -0.4 is 5.32 Å². The zero-order valence-electron chi connectivity index (χ0n) is 11.8. The molecule has 1 amide bonds. The second-order valence-corrected chi connectivity index (χ2v) is 6.45. The first kappa shape index (κ1) is 14.1. The van der Waals surface area contributed by atoms with E-state index in [9.17, 15) is 4.79 Å². The van der Waals surface area contributed by atoms with Crippen LogP contribution >= 0.6 is 11.6 Å². The van der Waals surface area contributed by atoms with Crippen molar-refractivity contribution in [3.63, 3.8) is 0 Å². The molecule has 3 heteroatoms. The van der Waals surface area contributed by atoms with Crippen molar-refractivity contribution in [1.29, 1.82) is 0 Å². The quantitative estimate of drug-likeness (QED) is 0.809. The first-order valence-corrected chi connectivity index (χ1v) is 6.92. The van der Waals surface area contributed by atoms with E-state index in [0.717, 1.165) is 0 Å². The van der Waals surface area contributed by atoms with Crippen molar-refractivity contribution in [2.75, 3.05) is 5.32 Å². The van der Waals surface area contributed by atoms with E-state index in [1.54, 1.807) is 6.07 Å². The number of carbonyl (C=O) groups excluding carboxylic acids is 1. The lowest BCUT2D eigenvalue weighted by molar-refractivity contribution is -0.118. The summed E-state index contributed by atoms with van der Waals surface area (Å²) < 4.78 is 0. The molecule has 19 heavy (non-hydrogen) atoms. The molecular weight excluding hydrogens is 258 g/mol. The highest BCUT2D eigenvalue weighted by atomic mass is 35.5. The molecule has 1 N–H and O–H groups in total. The van der Waals surface area contributed by atoms with Crippen molar-refractivity contribution in [3.8, 4) is 0 Å². The molecule has 1 aliphatic rings. The summed E-state index contributed by atoms with van der Waals surface area (Å²) in [5.74, 6) is 0.402. The summed E-state index contributed by atoms with van der Waals surface area (Å²) in [4.78, 5) is 12.3. The highest BCUT2D eigenvalue weighted by Gasteiger charge is 2.60. The minimum absolute atomic E-state index is 0.0265. The molecule has 2 nitrogen and oxygen atoms in total. The van der Waals surface area contributed by atoms with Crippen molar-refractivity contribution < 1.29 is 4.79 Å². The number of benzene rings is 1. The fraction of sp³-hybridized carbons (Fsp3) is 0.438. The standard InChI is InChI=1S/C16H20ClNO/c1-10(2)9-11-14(16(11,3)4)15(19)18-13-8-6-5-7-12(13)17/h5-9,11,14H,1-4H3,(H,18,19)/t11-,14+/m0/s1. The van der Waals surface area contributed by atoms with Crippen LogP contribution in [-0.2, 0) is 4.79 Å². The van der Waals surface area contributed by atoms with E-state index in [1.807, 2.05) is 18.2 Å². The third kappa shape index (κ3) is 2.84. The van der Waals surface area contributed by atoms with Crippen LogP contribution in [0.4, 0.5) is 5.69 Å². The topological polar surface area (TPSA) is 29.1 Å². The Morgan fingerprint density at radius 2 is 1.95 bits per heavy atom. The van der Waals surface area contributed by atoms with Crippen LogP contribution in [-0.4, -0.2) is 5.91 Å². The zero-order valence-corrected chi connectivity index (χ0v) is 12.6. The maximum absolute atomic E-state index is 12.3. The summed E-state index contributed by atoms with van der Waals surface area (Å²) in [5, 5.41) is 3.51. The molecule has 1 aromatic rings. The summed E-state index contributed by atoms with van der Waals surface area (Å²) in [6.45, 7) is 8.40. The van der Waals surface area contributed by atoms with Gasteiger partial charge in [-0.2, -0.15) is 0 Å². The lowest BCUT2D eigenvalue weighted by Crippen LogP contribution is -2.17. The highest BCUT2D eigenvalue weighted by Crippen LogP contribution is 2.59. The number of anilines is 1.